The minimum absolute atomic E-state index is 0.300. The van der Waals surface area contributed by atoms with E-state index in [9.17, 15) is 0 Å². The van der Waals surface area contributed by atoms with Crippen molar-refractivity contribution >= 4 is 0 Å². The third-order valence-corrected chi connectivity index (χ3v) is 7.19. The van der Waals surface area contributed by atoms with Crippen LogP contribution in [0.1, 0.15) is 77.0 Å². The van der Waals surface area contributed by atoms with E-state index < -0.39 is 0 Å². The van der Waals surface area contributed by atoms with Crippen molar-refractivity contribution in [2.75, 3.05) is 6.61 Å². The molecule has 0 spiro atoms. The SMILES string of the molecule is NC(COC1CCCCCC1)C12CC3CC(CC(C3)C1)C2. The Hall–Kier alpha value is -0.0800. The van der Waals surface area contributed by atoms with Gasteiger partial charge in [-0.25, -0.2) is 0 Å². The van der Waals surface area contributed by atoms with Crippen molar-refractivity contribution in [3.8, 4) is 0 Å². The van der Waals surface area contributed by atoms with Crippen LogP contribution in [0.15, 0.2) is 0 Å². The Morgan fingerprint density at radius 2 is 1.38 bits per heavy atom. The lowest BCUT2D eigenvalue weighted by molar-refractivity contribution is -0.0883. The van der Waals surface area contributed by atoms with Crippen LogP contribution in [0.2, 0.25) is 0 Å². The second-order valence-electron chi connectivity index (χ2n) is 8.83. The fourth-order valence-electron chi connectivity index (χ4n) is 6.46. The fraction of sp³-hybridized carbons (Fsp3) is 1.00. The van der Waals surface area contributed by atoms with Crippen molar-refractivity contribution in [2.24, 2.45) is 28.9 Å². The molecule has 0 aromatic carbocycles. The van der Waals surface area contributed by atoms with E-state index in [2.05, 4.69) is 0 Å². The number of rotatable bonds is 4. The van der Waals surface area contributed by atoms with Gasteiger partial charge in [-0.2, -0.15) is 0 Å². The largest absolute Gasteiger partial charge is 0.377 e. The van der Waals surface area contributed by atoms with Gasteiger partial charge < -0.3 is 10.5 Å². The molecule has 21 heavy (non-hydrogen) atoms. The molecule has 0 radical (unpaired) electrons. The van der Waals surface area contributed by atoms with Gasteiger partial charge in [-0.15, -0.1) is 0 Å². The van der Waals surface area contributed by atoms with Crippen molar-refractivity contribution in [3.63, 3.8) is 0 Å². The molecule has 0 saturated heterocycles. The highest BCUT2D eigenvalue weighted by atomic mass is 16.5. The van der Waals surface area contributed by atoms with Crippen LogP contribution < -0.4 is 5.73 Å². The quantitative estimate of drug-likeness (QED) is 0.785. The summed E-state index contributed by atoms with van der Waals surface area (Å²) in [4.78, 5) is 0. The summed E-state index contributed by atoms with van der Waals surface area (Å²) in [6.07, 6.45) is 17.3. The molecule has 2 nitrogen and oxygen atoms in total. The molecule has 5 saturated carbocycles. The molecule has 0 amide bonds. The zero-order chi connectivity index (χ0) is 14.3. The van der Waals surface area contributed by atoms with Gasteiger partial charge in [0.15, 0.2) is 0 Å². The van der Waals surface area contributed by atoms with Gasteiger partial charge in [0.2, 0.25) is 0 Å². The summed E-state index contributed by atoms with van der Waals surface area (Å²) in [6, 6.07) is 0.300. The van der Waals surface area contributed by atoms with E-state index >= 15 is 0 Å². The minimum atomic E-state index is 0.300. The second-order valence-corrected chi connectivity index (χ2v) is 8.83. The van der Waals surface area contributed by atoms with E-state index in [0.717, 1.165) is 24.4 Å². The topological polar surface area (TPSA) is 35.2 Å². The normalized spacial score (nSPS) is 44.7. The Labute approximate surface area is 130 Å². The van der Waals surface area contributed by atoms with Crippen LogP contribution in [-0.2, 0) is 4.74 Å². The molecular weight excluding hydrogens is 258 g/mol. The van der Waals surface area contributed by atoms with Crippen LogP contribution in [0.3, 0.4) is 0 Å². The number of nitrogens with two attached hydrogens (primary N) is 1. The lowest BCUT2D eigenvalue weighted by Gasteiger charge is -2.59. The fourth-order valence-corrected chi connectivity index (χ4v) is 6.46. The van der Waals surface area contributed by atoms with Crippen LogP contribution in [0.4, 0.5) is 0 Å². The van der Waals surface area contributed by atoms with Gasteiger partial charge in [0.05, 0.1) is 12.7 Å². The van der Waals surface area contributed by atoms with Gasteiger partial charge in [-0.05, 0) is 74.5 Å². The highest BCUT2D eigenvalue weighted by molar-refractivity contribution is 5.05. The van der Waals surface area contributed by atoms with E-state index in [4.69, 9.17) is 10.5 Å². The van der Waals surface area contributed by atoms with Crippen molar-refractivity contribution in [1.29, 1.82) is 0 Å². The first kappa shape index (κ1) is 14.5. The zero-order valence-electron chi connectivity index (χ0n) is 13.6. The average Bonchev–Trinajstić information content (AvgIpc) is 2.72. The summed E-state index contributed by atoms with van der Waals surface area (Å²) in [5.41, 5.74) is 7.16. The Bertz CT molecular complexity index is 323. The number of hydrogen-bond acceptors (Lipinski definition) is 2. The van der Waals surface area contributed by atoms with Crippen LogP contribution in [0, 0.1) is 23.2 Å². The highest BCUT2D eigenvalue weighted by Gasteiger charge is 2.53. The molecule has 5 fully saturated rings. The van der Waals surface area contributed by atoms with Crippen LogP contribution in [0.25, 0.3) is 0 Å². The molecule has 5 aliphatic carbocycles. The third kappa shape index (κ3) is 2.91. The Morgan fingerprint density at radius 1 is 0.857 bits per heavy atom. The van der Waals surface area contributed by atoms with Gasteiger partial charge in [0.1, 0.15) is 0 Å². The highest BCUT2D eigenvalue weighted by Crippen LogP contribution is 2.61. The van der Waals surface area contributed by atoms with Crippen molar-refractivity contribution in [2.45, 2.75) is 89.2 Å². The molecule has 5 aliphatic rings. The summed E-state index contributed by atoms with van der Waals surface area (Å²) >= 11 is 0. The summed E-state index contributed by atoms with van der Waals surface area (Å²) < 4.78 is 6.29. The first-order valence-electron chi connectivity index (χ1n) is 9.61. The summed E-state index contributed by atoms with van der Waals surface area (Å²) in [6.45, 7) is 0.830. The van der Waals surface area contributed by atoms with Crippen molar-refractivity contribution in [1.82, 2.24) is 0 Å². The number of ether oxygens (including phenoxy) is 1. The molecule has 0 aromatic heterocycles. The van der Waals surface area contributed by atoms with Gasteiger partial charge >= 0.3 is 0 Å². The van der Waals surface area contributed by atoms with E-state index in [-0.39, 0.29) is 0 Å². The Kier molecular flexibility index (Phi) is 4.04. The van der Waals surface area contributed by atoms with Crippen LogP contribution in [-0.4, -0.2) is 18.8 Å². The third-order valence-electron chi connectivity index (χ3n) is 7.19. The predicted molar refractivity (Wildman–Crippen MR) is 86.0 cm³/mol. The molecule has 5 rings (SSSR count). The molecule has 4 bridgehead atoms. The van der Waals surface area contributed by atoms with Crippen molar-refractivity contribution in [3.05, 3.63) is 0 Å². The molecule has 2 N–H and O–H groups in total. The predicted octanol–water partition coefficient (Wildman–Crippen LogP) is 4.27. The second kappa shape index (κ2) is 5.85. The van der Waals surface area contributed by atoms with Gasteiger partial charge in [0.25, 0.3) is 0 Å². The lowest BCUT2D eigenvalue weighted by Crippen LogP contribution is -2.56. The molecule has 120 valence electrons. The first-order valence-corrected chi connectivity index (χ1v) is 9.61. The van der Waals surface area contributed by atoms with E-state index in [1.54, 1.807) is 0 Å². The van der Waals surface area contributed by atoms with E-state index in [1.807, 2.05) is 0 Å². The molecule has 1 atom stereocenters. The number of hydrogen-bond donors (Lipinski definition) is 1. The molecule has 0 aliphatic heterocycles. The Balaban J connectivity index is 1.35. The zero-order valence-corrected chi connectivity index (χ0v) is 13.6. The van der Waals surface area contributed by atoms with E-state index in [1.165, 1.54) is 77.0 Å². The molecule has 1 unspecified atom stereocenters. The summed E-state index contributed by atoms with van der Waals surface area (Å²) in [5, 5.41) is 0. The summed E-state index contributed by atoms with van der Waals surface area (Å²) in [7, 11) is 0. The first-order chi connectivity index (χ1) is 10.2. The van der Waals surface area contributed by atoms with Gasteiger partial charge in [-0.3, -0.25) is 0 Å². The van der Waals surface area contributed by atoms with Crippen molar-refractivity contribution < 1.29 is 4.74 Å². The maximum Gasteiger partial charge on any atom is 0.0626 e. The maximum absolute atomic E-state index is 6.70. The minimum Gasteiger partial charge on any atom is -0.377 e. The molecular formula is C19H33NO. The Morgan fingerprint density at radius 3 is 1.90 bits per heavy atom. The summed E-state index contributed by atoms with van der Waals surface area (Å²) in [5.74, 6) is 3.00. The van der Waals surface area contributed by atoms with Crippen LogP contribution in [0.5, 0.6) is 0 Å². The monoisotopic (exact) mass is 291 g/mol. The van der Waals surface area contributed by atoms with Gasteiger partial charge in [-0.1, -0.05) is 25.7 Å². The molecule has 0 aromatic rings. The van der Waals surface area contributed by atoms with Gasteiger partial charge in [0, 0.05) is 6.04 Å². The molecule has 2 heteroatoms. The lowest BCUT2D eigenvalue weighted by atomic mass is 9.48. The smallest absolute Gasteiger partial charge is 0.0626 e. The van der Waals surface area contributed by atoms with E-state index in [0.29, 0.717) is 17.6 Å². The average molecular weight is 291 g/mol. The maximum atomic E-state index is 6.70. The van der Waals surface area contributed by atoms with Crippen LogP contribution >= 0.6 is 0 Å². The molecule has 0 heterocycles. The standard InChI is InChI=1S/C19H33NO/c20-18(13-21-17-5-3-1-2-4-6-17)19-10-14-7-15(11-19)9-16(8-14)12-19/h14-18H,1-13,20H2.